The lowest BCUT2D eigenvalue weighted by Crippen LogP contribution is -2.34. The number of likely N-dealkylation sites (N-methyl/N-ethyl adjacent to an activating group) is 1. The summed E-state index contributed by atoms with van der Waals surface area (Å²) in [4.78, 5) is 26.5. The quantitative estimate of drug-likeness (QED) is 0.763. The summed E-state index contributed by atoms with van der Waals surface area (Å²) in [6.07, 6.45) is 1.89. The lowest BCUT2D eigenvalue weighted by atomic mass is 10.1. The Bertz CT molecular complexity index is 834. The van der Waals surface area contributed by atoms with Gasteiger partial charge in [-0.25, -0.2) is 0 Å². The summed E-state index contributed by atoms with van der Waals surface area (Å²) in [5.41, 5.74) is 2.13. The number of carbonyl (C=O) groups is 2. The number of carbonyl (C=O) groups excluding carboxylic acids is 2. The van der Waals surface area contributed by atoms with E-state index in [1.807, 2.05) is 43.3 Å². The second kappa shape index (κ2) is 8.55. The van der Waals surface area contributed by atoms with Gasteiger partial charge in [0.15, 0.2) is 0 Å². The number of benzene rings is 2. The van der Waals surface area contributed by atoms with Crippen LogP contribution in [0.3, 0.4) is 0 Å². The fourth-order valence-corrected chi connectivity index (χ4v) is 3.20. The molecule has 0 aliphatic heterocycles. The monoisotopic (exact) mass is 385 g/mol. The zero-order valence-electron chi connectivity index (χ0n) is 15.5. The molecule has 1 saturated carbocycles. The second-order valence-corrected chi connectivity index (χ2v) is 7.46. The first-order valence-electron chi connectivity index (χ1n) is 9.05. The van der Waals surface area contributed by atoms with Gasteiger partial charge in [0.25, 0.3) is 5.91 Å². The predicted molar refractivity (Wildman–Crippen MR) is 108 cm³/mol. The van der Waals surface area contributed by atoms with Gasteiger partial charge in [-0.05, 0) is 56.8 Å². The summed E-state index contributed by atoms with van der Waals surface area (Å²) in [7, 11) is 3.91. The van der Waals surface area contributed by atoms with Gasteiger partial charge in [0.1, 0.15) is 0 Å². The van der Waals surface area contributed by atoms with Crippen LogP contribution in [0.1, 0.15) is 34.8 Å². The molecule has 142 valence electrons. The van der Waals surface area contributed by atoms with E-state index in [2.05, 4.69) is 10.6 Å². The normalized spacial score (nSPS) is 14.7. The Morgan fingerprint density at radius 2 is 1.89 bits per heavy atom. The molecule has 6 heteroatoms. The minimum Gasteiger partial charge on any atom is -0.350 e. The molecule has 1 unspecified atom stereocenters. The van der Waals surface area contributed by atoms with Crippen molar-refractivity contribution in [2.75, 3.05) is 26.0 Å². The molecule has 1 fully saturated rings. The highest BCUT2D eigenvalue weighted by atomic mass is 35.5. The van der Waals surface area contributed by atoms with Crippen LogP contribution in [0.4, 0.5) is 5.69 Å². The van der Waals surface area contributed by atoms with Crippen molar-refractivity contribution in [1.82, 2.24) is 10.2 Å². The SMILES string of the molecule is CN(C)C(CNC(=O)c1cccc(NC(=O)C2CC2)c1)c1ccccc1Cl. The van der Waals surface area contributed by atoms with Crippen LogP contribution >= 0.6 is 11.6 Å². The third kappa shape index (κ3) is 5.08. The molecule has 2 N–H and O–H groups in total. The van der Waals surface area contributed by atoms with Gasteiger partial charge in [-0.15, -0.1) is 0 Å². The summed E-state index contributed by atoms with van der Waals surface area (Å²) in [5, 5.41) is 6.52. The van der Waals surface area contributed by atoms with Crippen LogP contribution in [0, 0.1) is 5.92 Å². The van der Waals surface area contributed by atoms with Crippen molar-refractivity contribution in [3.63, 3.8) is 0 Å². The van der Waals surface area contributed by atoms with E-state index in [0.717, 1.165) is 18.4 Å². The summed E-state index contributed by atoms with van der Waals surface area (Å²) < 4.78 is 0. The largest absolute Gasteiger partial charge is 0.350 e. The number of hydrogen-bond acceptors (Lipinski definition) is 3. The second-order valence-electron chi connectivity index (χ2n) is 7.06. The highest BCUT2D eigenvalue weighted by molar-refractivity contribution is 6.31. The molecule has 3 rings (SSSR count). The van der Waals surface area contributed by atoms with Crippen LogP contribution in [-0.2, 0) is 4.79 Å². The van der Waals surface area contributed by atoms with Crippen LogP contribution in [0.5, 0.6) is 0 Å². The molecule has 1 atom stereocenters. The molecule has 2 aromatic carbocycles. The molecular formula is C21H24ClN3O2. The molecule has 1 aliphatic rings. The highest BCUT2D eigenvalue weighted by Crippen LogP contribution is 2.30. The molecule has 0 saturated heterocycles. The van der Waals surface area contributed by atoms with Gasteiger partial charge in [-0.2, -0.15) is 0 Å². The molecule has 2 aromatic rings. The average Bonchev–Trinajstić information content (AvgIpc) is 3.48. The molecule has 27 heavy (non-hydrogen) atoms. The third-order valence-corrected chi connectivity index (χ3v) is 5.03. The maximum Gasteiger partial charge on any atom is 0.251 e. The van der Waals surface area contributed by atoms with E-state index >= 15 is 0 Å². The maximum atomic E-state index is 12.6. The van der Waals surface area contributed by atoms with Crippen LogP contribution < -0.4 is 10.6 Å². The zero-order chi connectivity index (χ0) is 19.4. The molecule has 2 amide bonds. The molecule has 0 bridgehead atoms. The van der Waals surface area contributed by atoms with Crippen LogP contribution in [0.25, 0.3) is 0 Å². The highest BCUT2D eigenvalue weighted by Gasteiger charge is 2.29. The van der Waals surface area contributed by atoms with E-state index in [9.17, 15) is 9.59 Å². The van der Waals surface area contributed by atoms with Gasteiger partial charge in [-0.3, -0.25) is 9.59 Å². The fraction of sp³-hybridized carbons (Fsp3) is 0.333. The number of anilines is 1. The van der Waals surface area contributed by atoms with E-state index in [4.69, 9.17) is 11.6 Å². The van der Waals surface area contributed by atoms with Crippen molar-refractivity contribution in [1.29, 1.82) is 0 Å². The Hall–Kier alpha value is -2.37. The molecule has 0 radical (unpaired) electrons. The van der Waals surface area contributed by atoms with E-state index in [1.165, 1.54) is 0 Å². The van der Waals surface area contributed by atoms with Crippen molar-refractivity contribution in [3.8, 4) is 0 Å². The third-order valence-electron chi connectivity index (χ3n) is 4.68. The van der Waals surface area contributed by atoms with Crippen molar-refractivity contribution in [3.05, 3.63) is 64.7 Å². The Morgan fingerprint density at radius 1 is 1.15 bits per heavy atom. The number of nitrogens with zero attached hydrogens (tertiary/aromatic N) is 1. The van der Waals surface area contributed by atoms with Crippen molar-refractivity contribution in [2.45, 2.75) is 18.9 Å². The predicted octanol–water partition coefficient (Wildman–Crippen LogP) is 3.72. The Kier molecular flexibility index (Phi) is 6.14. The van der Waals surface area contributed by atoms with Gasteiger partial charge in [0, 0.05) is 28.7 Å². The summed E-state index contributed by atoms with van der Waals surface area (Å²) in [5.74, 6) is -0.0330. The van der Waals surface area contributed by atoms with Gasteiger partial charge in [0.05, 0.1) is 6.04 Å². The Labute approximate surface area is 164 Å². The number of halogens is 1. The van der Waals surface area contributed by atoms with Crippen LogP contribution in [0.2, 0.25) is 5.02 Å². The van der Waals surface area contributed by atoms with Crippen molar-refractivity contribution in [2.24, 2.45) is 5.92 Å². The lowest BCUT2D eigenvalue weighted by Gasteiger charge is -2.26. The van der Waals surface area contributed by atoms with Crippen LogP contribution in [0.15, 0.2) is 48.5 Å². The minimum atomic E-state index is -0.184. The Balaban J connectivity index is 1.65. The van der Waals surface area contributed by atoms with E-state index in [0.29, 0.717) is 22.8 Å². The summed E-state index contributed by atoms with van der Waals surface area (Å²) >= 11 is 6.32. The Morgan fingerprint density at radius 3 is 2.56 bits per heavy atom. The average molecular weight is 386 g/mol. The topological polar surface area (TPSA) is 61.4 Å². The zero-order valence-corrected chi connectivity index (χ0v) is 16.3. The van der Waals surface area contributed by atoms with Crippen molar-refractivity contribution < 1.29 is 9.59 Å². The summed E-state index contributed by atoms with van der Waals surface area (Å²) in [6.45, 7) is 0.425. The smallest absolute Gasteiger partial charge is 0.251 e. The molecule has 0 aromatic heterocycles. The molecular weight excluding hydrogens is 362 g/mol. The summed E-state index contributed by atoms with van der Waals surface area (Å²) in [6, 6.07) is 14.6. The lowest BCUT2D eigenvalue weighted by molar-refractivity contribution is -0.117. The molecule has 5 nitrogen and oxygen atoms in total. The van der Waals surface area contributed by atoms with Gasteiger partial charge >= 0.3 is 0 Å². The van der Waals surface area contributed by atoms with E-state index in [1.54, 1.807) is 24.3 Å². The molecule has 0 spiro atoms. The van der Waals surface area contributed by atoms with Gasteiger partial charge < -0.3 is 15.5 Å². The number of amides is 2. The first kappa shape index (κ1) is 19.4. The maximum absolute atomic E-state index is 12.6. The molecule has 1 aliphatic carbocycles. The first-order valence-corrected chi connectivity index (χ1v) is 9.43. The standard InChI is InChI=1S/C21H24ClN3O2/c1-25(2)19(17-8-3-4-9-18(17)22)13-23-20(26)15-6-5-7-16(12-15)24-21(27)14-10-11-14/h3-9,12,14,19H,10-11,13H2,1-2H3,(H,23,26)(H,24,27). The number of hydrogen-bond donors (Lipinski definition) is 2. The van der Waals surface area contributed by atoms with Crippen LogP contribution in [-0.4, -0.2) is 37.4 Å². The fourth-order valence-electron chi connectivity index (χ4n) is 2.94. The van der Waals surface area contributed by atoms with Gasteiger partial charge in [0.2, 0.25) is 5.91 Å². The van der Waals surface area contributed by atoms with Crippen molar-refractivity contribution >= 4 is 29.1 Å². The molecule has 0 heterocycles. The van der Waals surface area contributed by atoms with Gasteiger partial charge in [-0.1, -0.05) is 35.9 Å². The first-order chi connectivity index (χ1) is 13.0. The van der Waals surface area contributed by atoms with E-state index in [-0.39, 0.29) is 23.8 Å². The number of nitrogens with one attached hydrogen (secondary N) is 2. The van der Waals surface area contributed by atoms with E-state index < -0.39 is 0 Å². The number of rotatable bonds is 7. The minimum absolute atomic E-state index is 0.0268.